The quantitative estimate of drug-likeness (QED) is 0.811. The molecule has 0 aliphatic heterocycles. The molecule has 2 rings (SSSR count). The van der Waals surface area contributed by atoms with E-state index >= 15 is 0 Å². The van der Waals surface area contributed by atoms with Gasteiger partial charge in [0.1, 0.15) is 18.2 Å². The average Bonchev–Trinajstić information content (AvgIpc) is 2.36. The molecule has 0 aromatic heterocycles. The summed E-state index contributed by atoms with van der Waals surface area (Å²) in [6, 6.07) is 12.9. The van der Waals surface area contributed by atoms with Crippen molar-refractivity contribution in [2.24, 2.45) is 0 Å². The van der Waals surface area contributed by atoms with Gasteiger partial charge in [0.2, 0.25) is 0 Å². The van der Waals surface area contributed by atoms with Gasteiger partial charge in [-0.05, 0) is 40.5 Å². The standard InChI is InChI=1S/C14H12BrFO/c1-10-12(16)7-8-13(14(10)15)17-9-11-5-3-2-4-6-11/h2-8H,9H2,1H3. The molecule has 0 aliphatic carbocycles. The van der Waals surface area contributed by atoms with Gasteiger partial charge >= 0.3 is 0 Å². The number of benzene rings is 2. The van der Waals surface area contributed by atoms with Crippen molar-refractivity contribution in [2.75, 3.05) is 0 Å². The molecule has 88 valence electrons. The second-order valence-electron chi connectivity index (χ2n) is 3.76. The van der Waals surface area contributed by atoms with Crippen molar-refractivity contribution >= 4 is 15.9 Å². The molecular formula is C14H12BrFO. The first-order valence-electron chi connectivity index (χ1n) is 5.30. The van der Waals surface area contributed by atoms with Gasteiger partial charge < -0.3 is 4.74 Å². The Bertz CT molecular complexity index is 511. The maximum Gasteiger partial charge on any atom is 0.134 e. The summed E-state index contributed by atoms with van der Waals surface area (Å²) in [6.07, 6.45) is 0. The molecule has 0 atom stereocenters. The highest BCUT2D eigenvalue weighted by Gasteiger charge is 2.08. The molecule has 2 aromatic rings. The van der Waals surface area contributed by atoms with Crippen molar-refractivity contribution in [2.45, 2.75) is 13.5 Å². The summed E-state index contributed by atoms with van der Waals surface area (Å²) < 4.78 is 19.6. The molecule has 0 fully saturated rings. The van der Waals surface area contributed by atoms with Gasteiger partial charge in [0, 0.05) is 5.56 Å². The van der Waals surface area contributed by atoms with Crippen LogP contribution in [0.15, 0.2) is 46.9 Å². The van der Waals surface area contributed by atoms with E-state index < -0.39 is 0 Å². The third-order valence-corrected chi connectivity index (χ3v) is 3.51. The molecule has 0 saturated heterocycles. The van der Waals surface area contributed by atoms with Gasteiger partial charge in [-0.1, -0.05) is 30.3 Å². The second-order valence-corrected chi connectivity index (χ2v) is 4.55. The Balaban J connectivity index is 2.13. The van der Waals surface area contributed by atoms with Crippen LogP contribution in [-0.4, -0.2) is 0 Å². The van der Waals surface area contributed by atoms with Gasteiger partial charge in [0.05, 0.1) is 4.47 Å². The fourth-order valence-electron chi connectivity index (χ4n) is 1.48. The minimum absolute atomic E-state index is 0.232. The Kier molecular flexibility index (Phi) is 3.79. The molecule has 0 unspecified atom stereocenters. The lowest BCUT2D eigenvalue weighted by Gasteiger charge is -2.10. The third-order valence-electron chi connectivity index (χ3n) is 2.52. The van der Waals surface area contributed by atoms with Gasteiger partial charge in [0.25, 0.3) is 0 Å². The number of hydrogen-bond donors (Lipinski definition) is 0. The monoisotopic (exact) mass is 294 g/mol. The van der Waals surface area contributed by atoms with E-state index in [2.05, 4.69) is 15.9 Å². The summed E-state index contributed by atoms with van der Waals surface area (Å²) in [6.45, 7) is 2.19. The fraction of sp³-hybridized carbons (Fsp3) is 0.143. The highest BCUT2D eigenvalue weighted by molar-refractivity contribution is 9.10. The Labute approximate surface area is 108 Å². The Morgan fingerprint density at radius 2 is 1.82 bits per heavy atom. The summed E-state index contributed by atoms with van der Waals surface area (Å²) in [5.74, 6) is 0.427. The van der Waals surface area contributed by atoms with E-state index in [-0.39, 0.29) is 5.82 Å². The summed E-state index contributed by atoms with van der Waals surface area (Å²) in [5, 5.41) is 0. The van der Waals surface area contributed by atoms with Crippen molar-refractivity contribution in [1.82, 2.24) is 0 Å². The molecule has 0 N–H and O–H groups in total. The van der Waals surface area contributed by atoms with E-state index in [4.69, 9.17) is 4.74 Å². The third kappa shape index (κ3) is 2.86. The van der Waals surface area contributed by atoms with Gasteiger partial charge in [0.15, 0.2) is 0 Å². The SMILES string of the molecule is Cc1c(F)ccc(OCc2ccccc2)c1Br. The zero-order valence-electron chi connectivity index (χ0n) is 9.41. The number of halogens is 2. The molecule has 0 saturated carbocycles. The first-order valence-corrected chi connectivity index (χ1v) is 6.09. The van der Waals surface area contributed by atoms with E-state index in [1.165, 1.54) is 6.07 Å². The maximum atomic E-state index is 13.2. The molecule has 0 aliphatic rings. The van der Waals surface area contributed by atoms with Crippen LogP contribution in [0.2, 0.25) is 0 Å². The van der Waals surface area contributed by atoms with E-state index in [0.717, 1.165) is 5.56 Å². The minimum atomic E-state index is -0.232. The van der Waals surface area contributed by atoms with Crippen LogP contribution in [0.4, 0.5) is 4.39 Å². The van der Waals surface area contributed by atoms with Crippen LogP contribution in [0, 0.1) is 12.7 Å². The van der Waals surface area contributed by atoms with Crippen LogP contribution in [-0.2, 0) is 6.61 Å². The Morgan fingerprint density at radius 1 is 1.12 bits per heavy atom. The molecular weight excluding hydrogens is 283 g/mol. The molecule has 0 spiro atoms. The van der Waals surface area contributed by atoms with E-state index in [1.54, 1.807) is 13.0 Å². The van der Waals surface area contributed by atoms with Crippen LogP contribution < -0.4 is 4.74 Å². The van der Waals surface area contributed by atoms with Crippen LogP contribution in [0.5, 0.6) is 5.75 Å². The summed E-state index contributed by atoms with van der Waals surface area (Å²) >= 11 is 3.34. The number of hydrogen-bond acceptors (Lipinski definition) is 1. The predicted molar refractivity (Wildman–Crippen MR) is 69.6 cm³/mol. The van der Waals surface area contributed by atoms with E-state index in [1.807, 2.05) is 30.3 Å². The highest BCUT2D eigenvalue weighted by Crippen LogP contribution is 2.30. The topological polar surface area (TPSA) is 9.23 Å². The minimum Gasteiger partial charge on any atom is -0.488 e. The summed E-state index contributed by atoms with van der Waals surface area (Å²) in [5.41, 5.74) is 1.65. The molecule has 17 heavy (non-hydrogen) atoms. The molecule has 1 nitrogen and oxygen atoms in total. The lowest BCUT2D eigenvalue weighted by molar-refractivity contribution is 0.303. The zero-order chi connectivity index (χ0) is 12.3. The van der Waals surface area contributed by atoms with Gasteiger partial charge in [-0.2, -0.15) is 0 Å². The largest absolute Gasteiger partial charge is 0.488 e. The Hall–Kier alpha value is -1.35. The van der Waals surface area contributed by atoms with Gasteiger partial charge in [-0.25, -0.2) is 4.39 Å². The molecule has 3 heteroatoms. The number of ether oxygens (including phenoxy) is 1. The van der Waals surface area contributed by atoms with Crippen molar-refractivity contribution in [3.63, 3.8) is 0 Å². The summed E-state index contributed by atoms with van der Waals surface area (Å²) in [4.78, 5) is 0. The highest BCUT2D eigenvalue weighted by atomic mass is 79.9. The predicted octanol–water partition coefficient (Wildman–Crippen LogP) is 4.48. The zero-order valence-corrected chi connectivity index (χ0v) is 11.0. The van der Waals surface area contributed by atoms with Crippen molar-refractivity contribution in [1.29, 1.82) is 0 Å². The van der Waals surface area contributed by atoms with Crippen LogP contribution in [0.3, 0.4) is 0 Å². The molecule has 0 heterocycles. The van der Waals surface area contributed by atoms with Crippen molar-refractivity contribution in [3.8, 4) is 5.75 Å². The van der Waals surface area contributed by atoms with E-state index in [0.29, 0.717) is 22.4 Å². The molecule has 2 aromatic carbocycles. The van der Waals surface area contributed by atoms with Crippen LogP contribution in [0.25, 0.3) is 0 Å². The van der Waals surface area contributed by atoms with Crippen molar-refractivity contribution < 1.29 is 9.13 Å². The second kappa shape index (κ2) is 5.32. The first-order chi connectivity index (χ1) is 8.18. The lowest BCUT2D eigenvalue weighted by atomic mass is 10.2. The normalized spacial score (nSPS) is 10.3. The molecule has 0 bridgehead atoms. The van der Waals surface area contributed by atoms with Gasteiger partial charge in [-0.3, -0.25) is 0 Å². The fourth-order valence-corrected chi connectivity index (χ4v) is 1.92. The van der Waals surface area contributed by atoms with E-state index in [9.17, 15) is 4.39 Å². The maximum absolute atomic E-state index is 13.2. The first kappa shape index (κ1) is 12.1. The molecule has 0 radical (unpaired) electrons. The summed E-state index contributed by atoms with van der Waals surface area (Å²) in [7, 11) is 0. The Morgan fingerprint density at radius 3 is 2.53 bits per heavy atom. The van der Waals surface area contributed by atoms with Gasteiger partial charge in [-0.15, -0.1) is 0 Å². The number of rotatable bonds is 3. The smallest absolute Gasteiger partial charge is 0.134 e. The van der Waals surface area contributed by atoms with Crippen LogP contribution >= 0.6 is 15.9 Å². The molecule has 0 amide bonds. The van der Waals surface area contributed by atoms with Crippen LogP contribution in [0.1, 0.15) is 11.1 Å². The average molecular weight is 295 g/mol. The lowest BCUT2D eigenvalue weighted by Crippen LogP contribution is -1.97. The van der Waals surface area contributed by atoms with Crippen molar-refractivity contribution in [3.05, 3.63) is 63.9 Å².